The predicted molar refractivity (Wildman–Crippen MR) is 154 cm³/mol. The number of amides is 1. The fourth-order valence-corrected chi connectivity index (χ4v) is 5.76. The molecule has 2 aromatic rings. The molecule has 0 aliphatic heterocycles. The molecule has 0 fully saturated rings. The molecule has 0 radical (unpaired) electrons. The summed E-state index contributed by atoms with van der Waals surface area (Å²) in [6.07, 6.45) is 1.80. The van der Waals surface area contributed by atoms with Crippen LogP contribution in [0.5, 0.6) is 0 Å². The zero-order valence-corrected chi connectivity index (χ0v) is 25.7. The molecular weight excluding hydrogens is 674 g/mol. The number of benzene rings is 2. The molecule has 0 saturated heterocycles. The summed E-state index contributed by atoms with van der Waals surface area (Å²) in [6, 6.07) is 7.94. The highest BCUT2D eigenvalue weighted by Crippen LogP contribution is 2.37. The molecule has 2 aromatic carbocycles. The predicted octanol–water partition coefficient (Wildman–Crippen LogP) is 8.70. The fraction of sp³-hybridized carbons (Fsp3) is 0.348. The first-order valence-corrected chi connectivity index (χ1v) is 15.9. The molecule has 0 heterocycles. The van der Waals surface area contributed by atoms with Gasteiger partial charge in [0.05, 0.1) is 21.2 Å². The Labute approximate surface area is 233 Å². The largest absolute Gasteiger partial charge is 0.416 e. The van der Waals surface area contributed by atoms with E-state index >= 15 is 0 Å². The Kier molecular flexibility index (Phi) is 10.2. The van der Waals surface area contributed by atoms with Crippen LogP contribution in [0.25, 0.3) is 6.08 Å². The number of nitro groups is 1. The topological polar surface area (TPSA) is 81.5 Å². The molecule has 0 unspecified atom stereocenters. The van der Waals surface area contributed by atoms with Crippen molar-refractivity contribution in [3.05, 3.63) is 69.7 Å². The van der Waals surface area contributed by atoms with E-state index < -0.39 is 19.1 Å². The number of hydrogen-bond donors (Lipinski definition) is 1. The minimum Gasteiger partial charge on any atom is -0.416 e. The fourth-order valence-electron chi connectivity index (χ4n) is 2.72. The summed E-state index contributed by atoms with van der Waals surface area (Å²) in [5, 5.41) is 15.2. The molecule has 0 bridgehead atoms. The molecule has 184 valence electrons. The van der Waals surface area contributed by atoms with Gasteiger partial charge in [0.2, 0.25) is 0 Å². The van der Waals surface area contributed by atoms with Gasteiger partial charge in [-0.25, -0.2) is 0 Å². The van der Waals surface area contributed by atoms with E-state index in [-0.39, 0.29) is 17.1 Å². The van der Waals surface area contributed by atoms with Crippen LogP contribution in [0.4, 0.5) is 11.4 Å². The molecule has 0 spiro atoms. The number of nitrogens with zero attached hydrogens (tertiary/aromatic N) is 1. The summed E-state index contributed by atoms with van der Waals surface area (Å²) >= 11 is 17.7. The average Bonchev–Trinajstić information content (AvgIpc) is 2.69. The Balaban J connectivity index is 2.43. The molecule has 2 rings (SSSR count). The van der Waals surface area contributed by atoms with Gasteiger partial charge in [-0.1, -0.05) is 59.9 Å². The Morgan fingerprint density at radius 1 is 1.26 bits per heavy atom. The molecule has 0 atom stereocenters. The summed E-state index contributed by atoms with van der Waals surface area (Å²) in [7, 11) is -2.04. The number of halogens is 4. The van der Waals surface area contributed by atoms with Crippen LogP contribution in [-0.2, 0) is 9.22 Å². The molecule has 34 heavy (non-hydrogen) atoms. The number of nitrogens with one attached hydrogen (secondary N) is 1. The Hall–Kier alpha value is -0.983. The van der Waals surface area contributed by atoms with Crippen molar-refractivity contribution < 1.29 is 14.1 Å². The molecule has 0 aliphatic carbocycles. The van der Waals surface area contributed by atoms with Gasteiger partial charge in [0.15, 0.2) is 8.32 Å². The van der Waals surface area contributed by atoms with Gasteiger partial charge in [-0.2, -0.15) is 0 Å². The molecule has 0 saturated carbocycles. The van der Waals surface area contributed by atoms with E-state index in [2.05, 4.69) is 55.1 Å². The first kappa shape index (κ1) is 29.2. The molecule has 6 nitrogen and oxygen atoms in total. The standard InChI is InChI=1S/C23H26BrCl2IN2O4Si/c1-23(2,3)34(4,5)33-9-8-15(10-14-6-7-16(24)11-20(14)29(31)32)22(30)28-21-18(26)12-17(25)13-19(21)27/h6-7,10-13H,8-9H2,1-5H3,(H,28,30)/b15-10+. The maximum atomic E-state index is 13.3. The Morgan fingerprint density at radius 3 is 2.47 bits per heavy atom. The van der Waals surface area contributed by atoms with Crippen molar-refractivity contribution in [1.82, 2.24) is 0 Å². The van der Waals surface area contributed by atoms with Crippen LogP contribution >= 0.6 is 61.7 Å². The molecule has 11 heteroatoms. The van der Waals surface area contributed by atoms with E-state index in [4.69, 9.17) is 27.6 Å². The van der Waals surface area contributed by atoms with Crippen molar-refractivity contribution in [3.63, 3.8) is 0 Å². The number of hydrogen-bond acceptors (Lipinski definition) is 4. The molecule has 0 aromatic heterocycles. The lowest BCUT2D eigenvalue weighted by Gasteiger charge is -2.36. The highest BCUT2D eigenvalue weighted by Gasteiger charge is 2.37. The summed E-state index contributed by atoms with van der Waals surface area (Å²) in [5.41, 5.74) is 0.982. The number of carbonyl (C=O) groups is 1. The van der Waals surface area contributed by atoms with Crippen molar-refractivity contribution in [2.45, 2.75) is 45.3 Å². The third-order valence-electron chi connectivity index (χ3n) is 5.70. The zero-order valence-electron chi connectivity index (χ0n) is 19.5. The second kappa shape index (κ2) is 11.8. The monoisotopic (exact) mass is 698 g/mol. The Bertz CT molecular complexity index is 1110. The quantitative estimate of drug-likeness (QED) is 0.0983. The molecule has 0 aliphatic rings. The van der Waals surface area contributed by atoms with Crippen LogP contribution in [0.15, 0.2) is 40.4 Å². The van der Waals surface area contributed by atoms with E-state index in [1.165, 1.54) is 12.1 Å². The van der Waals surface area contributed by atoms with Gasteiger partial charge in [0, 0.05) is 31.3 Å². The maximum absolute atomic E-state index is 13.3. The second-order valence-electron chi connectivity index (χ2n) is 9.19. The molecule has 1 amide bonds. The van der Waals surface area contributed by atoms with Crippen LogP contribution in [0.2, 0.25) is 28.2 Å². The number of rotatable bonds is 8. The van der Waals surface area contributed by atoms with Crippen LogP contribution in [0.1, 0.15) is 32.8 Å². The van der Waals surface area contributed by atoms with Crippen molar-refractivity contribution in [2.24, 2.45) is 0 Å². The van der Waals surface area contributed by atoms with E-state index in [1.54, 1.807) is 24.3 Å². The van der Waals surface area contributed by atoms with Crippen molar-refractivity contribution in [1.29, 1.82) is 0 Å². The minimum absolute atomic E-state index is 0.0105. The van der Waals surface area contributed by atoms with E-state index in [0.717, 1.165) is 0 Å². The summed E-state index contributed by atoms with van der Waals surface area (Å²) in [6.45, 7) is 11.0. The van der Waals surface area contributed by atoms with Crippen LogP contribution in [0.3, 0.4) is 0 Å². The van der Waals surface area contributed by atoms with Gasteiger partial charge in [-0.15, -0.1) is 0 Å². The van der Waals surface area contributed by atoms with Gasteiger partial charge >= 0.3 is 0 Å². The SMILES string of the molecule is CC(C)(C)[Si](C)(C)OCC/C(=C\c1ccc(Br)cc1[N+](=O)[O-])C(=O)Nc1c(Cl)cc(Cl)cc1I. The average molecular weight is 700 g/mol. The van der Waals surface area contributed by atoms with Crippen molar-refractivity contribution >= 4 is 93.4 Å². The minimum atomic E-state index is -2.04. The van der Waals surface area contributed by atoms with Gasteiger partial charge < -0.3 is 9.74 Å². The molecular formula is C23H26BrCl2IN2O4Si. The van der Waals surface area contributed by atoms with Gasteiger partial charge in [-0.05, 0) is 77.5 Å². The van der Waals surface area contributed by atoms with E-state index in [9.17, 15) is 14.9 Å². The van der Waals surface area contributed by atoms with Gasteiger partial charge in [0.1, 0.15) is 0 Å². The van der Waals surface area contributed by atoms with Gasteiger partial charge in [-0.3, -0.25) is 14.9 Å². The highest BCUT2D eigenvalue weighted by atomic mass is 127. The second-order valence-corrected chi connectivity index (χ2v) is 16.9. The summed E-state index contributed by atoms with van der Waals surface area (Å²) in [4.78, 5) is 24.4. The summed E-state index contributed by atoms with van der Waals surface area (Å²) < 4.78 is 7.51. The van der Waals surface area contributed by atoms with E-state index in [0.29, 0.717) is 41.5 Å². The zero-order chi connectivity index (χ0) is 25.8. The normalized spacial score (nSPS) is 12.6. The van der Waals surface area contributed by atoms with Crippen molar-refractivity contribution in [2.75, 3.05) is 11.9 Å². The highest BCUT2D eigenvalue weighted by molar-refractivity contribution is 14.1. The lowest BCUT2D eigenvalue weighted by molar-refractivity contribution is -0.385. The number of anilines is 1. The van der Waals surface area contributed by atoms with Crippen LogP contribution in [0, 0.1) is 13.7 Å². The van der Waals surface area contributed by atoms with Crippen LogP contribution < -0.4 is 5.32 Å². The first-order valence-electron chi connectivity index (χ1n) is 10.4. The Morgan fingerprint density at radius 2 is 1.91 bits per heavy atom. The van der Waals surface area contributed by atoms with Gasteiger partial charge in [0.25, 0.3) is 11.6 Å². The smallest absolute Gasteiger partial charge is 0.277 e. The first-order chi connectivity index (χ1) is 15.6. The lowest BCUT2D eigenvalue weighted by Crippen LogP contribution is -2.41. The lowest BCUT2D eigenvalue weighted by atomic mass is 10.1. The van der Waals surface area contributed by atoms with Crippen molar-refractivity contribution in [3.8, 4) is 0 Å². The van der Waals surface area contributed by atoms with Crippen LogP contribution in [-0.4, -0.2) is 25.8 Å². The van der Waals surface area contributed by atoms with E-state index in [1.807, 2.05) is 22.6 Å². The maximum Gasteiger partial charge on any atom is 0.277 e. The summed E-state index contributed by atoms with van der Waals surface area (Å²) in [5.74, 6) is -0.418. The molecule has 1 N–H and O–H groups in total. The number of nitro benzene ring substituents is 1. The number of carbonyl (C=O) groups excluding carboxylic acids is 1. The third kappa shape index (κ3) is 7.76. The third-order valence-corrected chi connectivity index (χ3v) is 12.1.